The number of hydrogen-bond donors (Lipinski definition) is 3. The van der Waals surface area contributed by atoms with E-state index in [-0.39, 0.29) is 12.4 Å². The van der Waals surface area contributed by atoms with Gasteiger partial charge in [0.05, 0.1) is 19.5 Å². The van der Waals surface area contributed by atoms with E-state index in [4.69, 9.17) is 15.2 Å². The molecule has 0 bridgehead atoms. The molecule has 1 fully saturated rings. The van der Waals surface area contributed by atoms with E-state index in [0.717, 1.165) is 5.56 Å². The largest absolute Gasteiger partial charge is 0.387 e. The summed E-state index contributed by atoms with van der Waals surface area (Å²) in [4.78, 5) is 12.2. The molecule has 0 amide bonds. The third kappa shape index (κ3) is 3.01. The third-order valence-corrected chi connectivity index (χ3v) is 4.39. The van der Waals surface area contributed by atoms with Gasteiger partial charge in [-0.15, -0.1) is 0 Å². The summed E-state index contributed by atoms with van der Waals surface area (Å²) in [5, 5.41) is 20.7. The minimum absolute atomic E-state index is 0.146. The molecule has 2 aromatic heterocycles. The summed E-state index contributed by atoms with van der Waals surface area (Å²) in [5.74, 6) is 0.240. The van der Waals surface area contributed by atoms with Crippen LogP contribution >= 0.6 is 0 Å². The third-order valence-electron chi connectivity index (χ3n) is 4.39. The Morgan fingerprint density at radius 3 is 2.73 bits per heavy atom. The summed E-state index contributed by atoms with van der Waals surface area (Å²) in [6.45, 7) is 0.541. The number of nitrogen functional groups attached to an aromatic ring is 1. The molecule has 9 nitrogen and oxygen atoms in total. The van der Waals surface area contributed by atoms with Crippen molar-refractivity contribution in [1.82, 2.24) is 19.5 Å². The van der Waals surface area contributed by atoms with Crippen LogP contribution < -0.4 is 5.73 Å². The van der Waals surface area contributed by atoms with Crippen LogP contribution in [0.5, 0.6) is 0 Å². The molecule has 1 saturated heterocycles. The molecule has 3 aromatic rings. The van der Waals surface area contributed by atoms with Gasteiger partial charge >= 0.3 is 0 Å². The summed E-state index contributed by atoms with van der Waals surface area (Å²) in [6.07, 6.45) is -0.969. The molecular weight excluding hydrogens is 338 g/mol. The number of aromatic nitrogens is 4. The number of fused-ring (bicyclic) bond motifs is 1. The number of rotatable bonds is 5. The number of nitrogens with two attached hydrogens (primary N) is 1. The summed E-state index contributed by atoms with van der Waals surface area (Å²) in [6, 6.07) is 9.69. The highest BCUT2D eigenvalue weighted by Crippen LogP contribution is 2.32. The topological polar surface area (TPSA) is 129 Å². The zero-order valence-electron chi connectivity index (χ0n) is 13.8. The maximum atomic E-state index is 10.4. The highest BCUT2D eigenvalue weighted by atomic mass is 16.6. The lowest BCUT2D eigenvalue weighted by molar-refractivity contribution is -0.0682. The fourth-order valence-corrected chi connectivity index (χ4v) is 3.02. The lowest BCUT2D eigenvalue weighted by Gasteiger charge is -2.16. The number of benzene rings is 1. The van der Waals surface area contributed by atoms with E-state index in [1.807, 2.05) is 30.3 Å². The lowest BCUT2D eigenvalue weighted by atomic mass is 10.1. The van der Waals surface area contributed by atoms with Crippen LogP contribution in [0.25, 0.3) is 11.2 Å². The number of hydrogen-bond acceptors (Lipinski definition) is 8. The van der Waals surface area contributed by atoms with Gasteiger partial charge in [-0.25, -0.2) is 15.0 Å². The SMILES string of the molecule is Nc1ncnc2c1ncn2[C@@H]1O[C@H](COCc2ccccc2)[C@H](O)[C@H]1O. The summed E-state index contributed by atoms with van der Waals surface area (Å²) in [5.41, 5.74) is 7.65. The van der Waals surface area contributed by atoms with Crippen LogP contribution in [0, 0.1) is 0 Å². The average molecular weight is 357 g/mol. The first-order valence-corrected chi connectivity index (χ1v) is 8.21. The Labute approximate surface area is 149 Å². The number of aliphatic hydroxyl groups excluding tert-OH is 2. The highest BCUT2D eigenvalue weighted by molar-refractivity contribution is 5.81. The highest BCUT2D eigenvalue weighted by Gasteiger charge is 2.44. The minimum Gasteiger partial charge on any atom is -0.387 e. The first kappa shape index (κ1) is 16.9. The molecule has 136 valence electrons. The van der Waals surface area contributed by atoms with Gasteiger partial charge < -0.3 is 25.4 Å². The van der Waals surface area contributed by atoms with Crippen molar-refractivity contribution >= 4 is 17.0 Å². The van der Waals surface area contributed by atoms with Gasteiger partial charge in [0.2, 0.25) is 0 Å². The van der Waals surface area contributed by atoms with Crippen molar-refractivity contribution in [2.45, 2.75) is 31.1 Å². The van der Waals surface area contributed by atoms with Crippen LogP contribution in [-0.2, 0) is 16.1 Å². The Morgan fingerprint density at radius 1 is 1.12 bits per heavy atom. The molecule has 4 atom stereocenters. The second-order valence-corrected chi connectivity index (χ2v) is 6.13. The zero-order valence-corrected chi connectivity index (χ0v) is 13.8. The van der Waals surface area contributed by atoms with Crippen molar-refractivity contribution in [3.63, 3.8) is 0 Å². The smallest absolute Gasteiger partial charge is 0.167 e. The number of nitrogens with zero attached hydrogens (tertiary/aromatic N) is 4. The quantitative estimate of drug-likeness (QED) is 0.592. The Hall–Kier alpha value is -2.59. The van der Waals surface area contributed by atoms with Crippen molar-refractivity contribution in [2.75, 3.05) is 12.3 Å². The number of aliphatic hydroxyl groups is 2. The molecule has 3 heterocycles. The molecule has 0 aliphatic carbocycles. The molecule has 1 aliphatic rings. The molecule has 0 saturated carbocycles. The molecule has 0 spiro atoms. The molecule has 26 heavy (non-hydrogen) atoms. The standard InChI is InChI=1S/C17H19N5O4/c18-15-12-16(20-8-19-15)22(9-21-12)17-14(24)13(23)11(26-17)7-25-6-10-4-2-1-3-5-10/h1-5,8-9,11,13-14,17,23-24H,6-7H2,(H2,18,19,20)/t11-,13+,14-,17-/m1/s1. The fourth-order valence-electron chi connectivity index (χ4n) is 3.02. The van der Waals surface area contributed by atoms with Gasteiger partial charge in [-0.05, 0) is 5.56 Å². The second kappa shape index (κ2) is 6.96. The number of anilines is 1. The van der Waals surface area contributed by atoms with Crippen molar-refractivity contribution in [3.05, 3.63) is 48.5 Å². The number of ether oxygens (including phenoxy) is 2. The van der Waals surface area contributed by atoms with Crippen molar-refractivity contribution in [2.24, 2.45) is 0 Å². The molecule has 1 aliphatic heterocycles. The minimum atomic E-state index is -1.14. The first-order chi connectivity index (χ1) is 12.6. The second-order valence-electron chi connectivity index (χ2n) is 6.13. The van der Waals surface area contributed by atoms with Crippen molar-refractivity contribution in [3.8, 4) is 0 Å². The molecule has 4 N–H and O–H groups in total. The van der Waals surface area contributed by atoms with E-state index in [1.54, 1.807) is 4.57 Å². The van der Waals surface area contributed by atoms with Gasteiger partial charge in [-0.1, -0.05) is 30.3 Å². The summed E-state index contributed by atoms with van der Waals surface area (Å²) in [7, 11) is 0. The van der Waals surface area contributed by atoms with E-state index >= 15 is 0 Å². The molecule has 0 radical (unpaired) electrons. The van der Waals surface area contributed by atoms with E-state index in [9.17, 15) is 10.2 Å². The average Bonchev–Trinajstić information content (AvgIpc) is 3.20. The van der Waals surface area contributed by atoms with Gasteiger partial charge in [0.1, 0.15) is 30.2 Å². The molecule has 0 unspecified atom stereocenters. The van der Waals surface area contributed by atoms with E-state index in [2.05, 4.69) is 15.0 Å². The maximum absolute atomic E-state index is 10.4. The molecular formula is C17H19N5O4. The molecule has 9 heteroatoms. The van der Waals surface area contributed by atoms with Crippen LogP contribution in [0.4, 0.5) is 5.82 Å². The monoisotopic (exact) mass is 357 g/mol. The van der Waals surface area contributed by atoms with Gasteiger partial charge in [-0.3, -0.25) is 4.57 Å². The summed E-state index contributed by atoms with van der Waals surface area (Å²) < 4.78 is 13.0. The van der Waals surface area contributed by atoms with Gasteiger partial charge in [-0.2, -0.15) is 0 Å². The van der Waals surface area contributed by atoms with E-state index in [1.165, 1.54) is 12.7 Å². The Kier molecular flexibility index (Phi) is 4.51. The van der Waals surface area contributed by atoms with Crippen LogP contribution in [-0.4, -0.2) is 54.7 Å². The van der Waals surface area contributed by atoms with E-state index in [0.29, 0.717) is 17.8 Å². The first-order valence-electron chi connectivity index (χ1n) is 8.21. The van der Waals surface area contributed by atoms with Crippen LogP contribution in [0.15, 0.2) is 43.0 Å². The lowest BCUT2D eigenvalue weighted by Crippen LogP contribution is -2.33. The van der Waals surface area contributed by atoms with Crippen LogP contribution in [0.2, 0.25) is 0 Å². The van der Waals surface area contributed by atoms with Crippen LogP contribution in [0.3, 0.4) is 0 Å². The predicted octanol–water partition coefficient (Wildman–Crippen LogP) is 0.244. The Bertz CT molecular complexity index is 887. The van der Waals surface area contributed by atoms with Crippen molar-refractivity contribution < 1.29 is 19.7 Å². The maximum Gasteiger partial charge on any atom is 0.167 e. The Morgan fingerprint density at radius 2 is 1.92 bits per heavy atom. The zero-order chi connectivity index (χ0) is 18.1. The summed E-state index contributed by atoms with van der Waals surface area (Å²) >= 11 is 0. The molecule has 4 rings (SSSR count). The predicted molar refractivity (Wildman–Crippen MR) is 91.8 cm³/mol. The number of imidazole rings is 1. The van der Waals surface area contributed by atoms with Gasteiger partial charge in [0, 0.05) is 0 Å². The van der Waals surface area contributed by atoms with Gasteiger partial charge in [0.25, 0.3) is 0 Å². The Balaban J connectivity index is 1.46. The molecule has 1 aromatic carbocycles. The fraction of sp³-hybridized carbons (Fsp3) is 0.353. The van der Waals surface area contributed by atoms with Crippen LogP contribution in [0.1, 0.15) is 11.8 Å². The van der Waals surface area contributed by atoms with Gasteiger partial charge in [0.15, 0.2) is 17.7 Å². The van der Waals surface area contributed by atoms with E-state index < -0.39 is 24.5 Å². The normalized spacial score (nSPS) is 25.8. The van der Waals surface area contributed by atoms with Crippen molar-refractivity contribution in [1.29, 1.82) is 0 Å².